The first-order chi connectivity index (χ1) is 12.2. The van der Waals surface area contributed by atoms with Gasteiger partial charge in [-0.15, -0.1) is 11.3 Å². The Bertz CT molecular complexity index is 831. The Hall–Kier alpha value is -2.45. The average molecular weight is 354 g/mol. The van der Waals surface area contributed by atoms with Gasteiger partial charge in [-0.25, -0.2) is 4.39 Å². The largest absolute Gasteiger partial charge is 0.313 e. The summed E-state index contributed by atoms with van der Waals surface area (Å²) in [7, 11) is 0. The first kappa shape index (κ1) is 17.4. The molecule has 1 heterocycles. The van der Waals surface area contributed by atoms with Crippen molar-refractivity contribution in [2.45, 2.75) is 38.5 Å². The maximum Gasteiger partial charge on any atom is 0.249 e. The fraction of sp³-hybridized carbons (Fsp3) is 0.300. The molecule has 2 aromatic rings. The minimum atomic E-state index is -0.309. The van der Waals surface area contributed by atoms with Gasteiger partial charge in [0.15, 0.2) is 0 Å². The van der Waals surface area contributed by atoms with Crippen LogP contribution in [-0.2, 0) is 17.6 Å². The fourth-order valence-electron chi connectivity index (χ4n) is 3.03. The number of amides is 1. The third-order valence-corrected chi connectivity index (χ3v) is 5.52. The van der Waals surface area contributed by atoms with E-state index < -0.39 is 0 Å². The number of thiophene rings is 1. The van der Waals surface area contributed by atoms with E-state index in [-0.39, 0.29) is 11.7 Å². The number of nitrogens with zero attached hydrogens (tertiary/aromatic N) is 1. The zero-order valence-corrected chi connectivity index (χ0v) is 14.7. The number of anilines is 1. The Labute approximate surface area is 150 Å². The van der Waals surface area contributed by atoms with Crippen molar-refractivity contribution in [2.24, 2.45) is 0 Å². The summed E-state index contributed by atoms with van der Waals surface area (Å²) in [6.07, 6.45) is 9.58. The summed E-state index contributed by atoms with van der Waals surface area (Å²) < 4.78 is 12.9. The molecule has 1 aliphatic carbocycles. The lowest BCUT2D eigenvalue weighted by molar-refractivity contribution is -0.111. The molecule has 128 valence electrons. The summed E-state index contributed by atoms with van der Waals surface area (Å²) in [5.41, 5.74) is 2.48. The van der Waals surface area contributed by atoms with E-state index in [1.807, 2.05) is 0 Å². The number of halogens is 1. The molecule has 3 nitrogen and oxygen atoms in total. The molecular weight excluding hydrogens is 335 g/mol. The summed E-state index contributed by atoms with van der Waals surface area (Å²) in [5.74, 6) is -0.591. The van der Waals surface area contributed by atoms with Gasteiger partial charge in [0, 0.05) is 11.0 Å². The molecule has 1 aromatic carbocycles. The van der Waals surface area contributed by atoms with E-state index in [0.29, 0.717) is 10.6 Å². The lowest BCUT2D eigenvalue weighted by atomic mass is 9.97. The van der Waals surface area contributed by atoms with Crippen LogP contribution in [0.2, 0.25) is 0 Å². The number of carbonyl (C=O) groups excluding carboxylic acids is 1. The highest BCUT2D eigenvalue weighted by Gasteiger charge is 2.19. The summed E-state index contributed by atoms with van der Waals surface area (Å²) in [6.45, 7) is 0. The molecule has 0 radical (unpaired) electrons. The highest BCUT2D eigenvalue weighted by molar-refractivity contribution is 7.16. The molecule has 25 heavy (non-hydrogen) atoms. The zero-order valence-electron chi connectivity index (χ0n) is 13.8. The van der Waals surface area contributed by atoms with Gasteiger partial charge in [-0.05, 0) is 55.0 Å². The van der Waals surface area contributed by atoms with E-state index in [1.54, 1.807) is 18.2 Å². The monoisotopic (exact) mass is 354 g/mol. The average Bonchev–Trinajstić information content (AvgIpc) is 2.90. The van der Waals surface area contributed by atoms with Gasteiger partial charge in [-0.1, -0.05) is 25.0 Å². The minimum absolute atomic E-state index is 0.282. The van der Waals surface area contributed by atoms with Crippen molar-refractivity contribution in [1.29, 1.82) is 5.26 Å². The van der Waals surface area contributed by atoms with Crippen molar-refractivity contribution in [2.75, 3.05) is 5.32 Å². The Morgan fingerprint density at radius 3 is 2.60 bits per heavy atom. The molecule has 0 spiro atoms. The molecular formula is C20H19FN2OS. The number of nitriles is 1. The molecule has 1 aliphatic rings. The van der Waals surface area contributed by atoms with Gasteiger partial charge in [0.05, 0.1) is 5.56 Å². The minimum Gasteiger partial charge on any atom is -0.313 e. The second kappa shape index (κ2) is 8.09. The number of hydrogen-bond donors (Lipinski definition) is 1. The van der Waals surface area contributed by atoms with E-state index in [1.165, 1.54) is 47.3 Å². The molecule has 0 atom stereocenters. The van der Waals surface area contributed by atoms with Crippen molar-refractivity contribution in [3.05, 3.63) is 57.7 Å². The van der Waals surface area contributed by atoms with Crippen LogP contribution in [0.4, 0.5) is 9.39 Å². The molecule has 0 fully saturated rings. The molecule has 0 aliphatic heterocycles. The van der Waals surface area contributed by atoms with Gasteiger partial charge in [0.25, 0.3) is 0 Å². The van der Waals surface area contributed by atoms with Crippen LogP contribution in [0.25, 0.3) is 6.08 Å². The number of carbonyl (C=O) groups is 1. The molecule has 5 heteroatoms. The standard InChI is InChI=1S/C20H19FN2OS/c21-15-10-7-14(8-11-15)9-12-19(24)23-20-17(13-22)16-5-3-1-2-4-6-18(16)25-20/h7-12H,1-6H2,(H,23,24)/b12-9-. The predicted octanol–water partition coefficient (Wildman–Crippen LogP) is 5.07. The van der Waals surface area contributed by atoms with Crippen LogP contribution in [0.1, 0.15) is 47.3 Å². The zero-order chi connectivity index (χ0) is 17.6. The molecule has 0 saturated heterocycles. The number of hydrogen-bond acceptors (Lipinski definition) is 3. The lowest BCUT2D eigenvalue weighted by Crippen LogP contribution is -2.07. The maximum atomic E-state index is 12.9. The first-order valence-corrected chi connectivity index (χ1v) is 9.28. The Balaban J connectivity index is 1.75. The van der Waals surface area contributed by atoms with Crippen LogP contribution in [0.5, 0.6) is 0 Å². The van der Waals surface area contributed by atoms with Gasteiger partial charge in [-0.2, -0.15) is 5.26 Å². The topological polar surface area (TPSA) is 52.9 Å². The van der Waals surface area contributed by atoms with Gasteiger partial charge in [0.1, 0.15) is 16.9 Å². The molecule has 1 amide bonds. The molecule has 3 rings (SSSR count). The van der Waals surface area contributed by atoms with E-state index in [9.17, 15) is 14.4 Å². The molecule has 1 aromatic heterocycles. The lowest BCUT2D eigenvalue weighted by Gasteiger charge is -2.08. The highest BCUT2D eigenvalue weighted by Crippen LogP contribution is 2.36. The first-order valence-electron chi connectivity index (χ1n) is 8.46. The number of fused-ring (bicyclic) bond motifs is 1. The fourth-order valence-corrected chi connectivity index (χ4v) is 4.27. The van der Waals surface area contributed by atoms with Crippen LogP contribution in [0.15, 0.2) is 30.3 Å². The Kier molecular flexibility index (Phi) is 5.62. The number of rotatable bonds is 3. The van der Waals surface area contributed by atoms with Crippen LogP contribution >= 0.6 is 11.3 Å². The summed E-state index contributed by atoms with van der Waals surface area (Å²) in [4.78, 5) is 13.4. The quantitative estimate of drug-likeness (QED) is 0.782. The van der Waals surface area contributed by atoms with Crippen LogP contribution in [0, 0.1) is 17.1 Å². The van der Waals surface area contributed by atoms with E-state index in [2.05, 4.69) is 11.4 Å². The number of aryl methyl sites for hydroxylation is 1. The third-order valence-electron chi connectivity index (χ3n) is 4.32. The molecule has 1 N–H and O–H groups in total. The van der Waals surface area contributed by atoms with Gasteiger partial charge < -0.3 is 5.32 Å². The maximum absolute atomic E-state index is 12.9. The second-order valence-electron chi connectivity index (χ2n) is 6.11. The second-order valence-corrected chi connectivity index (χ2v) is 7.21. The van der Waals surface area contributed by atoms with E-state index in [4.69, 9.17) is 0 Å². The van der Waals surface area contributed by atoms with Gasteiger partial charge in [0.2, 0.25) is 5.91 Å². The van der Waals surface area contributed by atoms with Crippen molar-refractivity contribution in [3.63, 3.8) is 0 Å². The highest BCUT2D eigenvalue weighted by atomic mass is 32.1. The van der Waals surface area contributed by atoms with Crippen molar-refractivity contribution < 1.29 is 9.18 Å². The van der Waals surface area contributed by atoms with E-state index >= 15 is 0 Å². The van der Waals surface area contributed by atoms with Crippen molar-refractivity contribution >= 4 is 28.3 Å². The van der Waals surface area contributed by atoms with E-state index in [0.717, 1.165) is 36.8 Å². The summed E-state index contributed by atoms with van der Waals surface area (Å²) >= 11 is 1.52. The van der Waals surface area contributed by atoms with Gasteiger partial charge in [-0.3, -0.25) is 4.79 Å². The van der Waals surface area contributed by atoms with Crippen LogP contribution in [0.3, 0.4) is 0 Å². The van der Waals surface area contributed by atoms with Crippen molar-refractivity contribution in [1.82, 2.24) is 0 Å². The summed E-state index contributed by atoms with van der Waals surface area (Å²) in [5, 5.41) is 13.0. The molecule has 0 saturated carbocycles. The SMILES string of the molecule is N#Cc1c(NC(=O)/C=C\c2ccc(F)cc2)sc2c1CCCCCC2. The Morgan fingerprint density at radius 1 is 1.16 bits per heavy atom. The Morgan fingerprint density at radius 2 is 1.88 bits per heavy atom. The molecule has 0 bridgehead atoms. The number of nitrogens with one attached hydrogen (secondary N) is 1. The predicted molar refractivity (Wildman–Crippen MR) is 99.0 cm³/mol. The third kappa shape index (κ3) is 4.34. The van der Waals surface area contributed by atoms with Crippen LogP contribution < -0.4 is 5.32 Å². The normalized spacial score (nSPS) is 14.4. The number of benzene rings is 1. The van der Waals surface area contributed by atoms with Crippen LogP contribution in [-0.4, -0.2) is 5.91 Å². The van der Waals surface area contributed by atoms with Crippen molar-refractivity contribution in [3.8, 4) is 6.07 Å². The smallest absolute Gasteiger partial charge is 0.249 e. The molecule has 0 unspecified atom stereocenters. The van der Waals surface area contributed by atoms with Gasteiger partial charge >= 0.3 is 0 Å². The summed E-state index contributed by atoms with van der Waals surface area (Å²) in [6, 6.07) is 8.19.